The fourth-order valence-electron chi connectivity index (χ4n) is 3.07. The first kappa shape index (κ1) is 24.5. The molecule has 0 spiro atoms. The summed E-state index contributed by atoms with van der Waals surface area (Å²) < 4.78 is 16.0. The molecule has 0 radical (unpaired) electrons. The fourth-order valence-corrected chi connectivity index (χ4v) is 3.53. The number of phenolic OH excluding ortho intramolecular Hbond substituents is 1. The number of esters is 2. The van der Waals surface area contributed by atoms with Crippen molar-refractivity contribution in [2.24, 2.45) is 0 Å². The lowest BCUT2D eigenvalue weighted by molar-refractivity contribution is -0.151. The van der Waals surface area contributed by atoms with Crippen molar-refractivity contribution in [1.29, 1.82) is 0 Å². The predicted molar refractivity (Wildman–Crippen MR) is 116 cm³/mol. The quantitative estimate of drug-likeness (QED) is 0.577. The second-order valence-electron chi connectivity index (χ2n) is 7.83. The van der Waals surface area contributed by atoms with Gasteiger partial charge in [-0.2, -0.15) is 0 Å². The van der Waals surface area contributed by atoms with Gasteiger partial charge in [-0.1, -0.05) is 0 Å². The Morgan fingerprint density at radius 3 is 2.48 bits per heavy atom. The van der Waals surface area contributed by atoms with Crippen molar-refractivity contribution in [3.63, 3.8) is 0 Å². The minimum atomic E-state index is -0.897. The molecule has 2 N–H and O–H groups in total. The van der Waals surface area contributed by atoms with Crippen molar-refractivity contribution in [1.82, 2.24) is 10.2 Å². The Morgan fingerprint density at radius 2 is 1.94 bits per heavy atom. The molecule has 1 aliphatic heterocycles. The van der Waals surface area contributed by atoms with Crippen molar-refractivity contribution < 1.29 is 33.7 Å². The summed E-state index contributed by atoms with van der Waals surface area (Å²) in [6, 6.07) is 1.61. The Labute approximate surface area is 189 Å². The second kappa shape index (κ2) is 9.59. The number of methoxy groups -OCH3 is 1. The van der Waals surface area contributed by atoms with E-state index < -0.39 is 29.6 Å². The molecule has 31 heavy (non-hydrogen) atoms. The summed E-state index contributed by atoms with van der Waals surface area (Å²) in [4.78, 5) is 39.1. The summed E-state index contributed by atoms with van der Waals surface area (Å²) in [5.74, 6) is -1.20. The number of nitrogens with one attached hydrogen (secondary N) is 1. The van der Waals surface area contributed by atoms with Gasteiger partial charge in [0.25, 0.3) is 0 Å². The molecule has 0 bridgehead atoms. The first-order chi connectivity index (χ1) is 14.4. The van der Waals surface area contributed by atoms with Gasteiger partial charge in [0.05, 0.1) is 29.8 Å². The molecule has 0 saturated carbocycles. The summed E-state index contributed by atoms with van der Waals surface area (Å²) in [6.07, 6.45) is 0. The van der Waals surface area contributed by atoms with Crippen LogP contribution in [-0.2, 0) is 19.1 Å². The molecule has 1 aliphatic rings. The van der Waals surface area contributed by atoms with Crippen LogP contribution in [0.2, 0.25) is 0 Å². The lowest BCUT2D eigenvalue weighted by Crippen LogP contribution is -2.50. The van der Waals surface area contributed by atoms with Crippen LogP contribution in [0.25, 0.3) is 0 Å². The highest BCUT2D eigenvalue weighted by molar-refractivity contribution is 9.10. The van der Waals surface area contributed by atoms with Crippen LogP contribution in [-0.4, -0.2) is 53.8 Å². The molecule has 2 amide bonds. The molecule has 1 aromatic rings. The number of benzene rings is 1. The van der Waals surface area contributed by atoms with Crippen LogP contribution >= 0.6 is 15.9 Å². The smallest absolute Gasteiger partial charge is 0.338 e. The molecule has 1 atom stereocenters. The average molecular weight is 499 g/mol. The molecule has 0 saturated heterocycles. The zero-order valence-electron chi connectivity index (χ0n) is 18.4. The van der Waals surface area contributed by atoms with Crippen molar-refractivity contribution in [3.05, 3.63) is 33.4 Å². The SMILES string of the molecule is CCOC(=O)CN1C(=O)NC(c2cc(Br)c(O)c(OC)c2)C(C(=O)OC(C)(C)C)=C1C. The fraction of sp³-hybridized carbons (Fsp3) is 0.476. The van der Waals surface area contributed by atoms with Crippen molar-refractivity contribution >= 4 is 33.9 Å². The van der Waals surface area contributed by atoms with Crippen molar-refractivity contribution in [2.45, 2.75) is 46.3 Å². The number of aromatic hydroxyl groups is 1. The molecular formula is C21H27BrN2O7. The van der Waals surface area contributed by atoms with Gasteiger partial charge >= 0.3 is 18.0 Å². The van der Waals surface area contributed by atoms with Crippen LogP contribution in [0, 0.1) is 0 Å². The van der Waals surface area contributed by atoms with E-state index >= 15 is 0 Å². The Kier molecular flexibility index (Phi) is 7.58. The normalized spacial score (nSPS) is 16.7. The summed E-state index contributed by atoms with van der Waals surface area (Å²) in [5.41, 5.74) is 0.110. The number of halogens is 1. The van der Waals surface area contributed by atoms with E-state index in [0.29, 0.717) is 10.0 Å². The van der Waals surface area contributed by atoms with Crippen LogP contribution in [0.5, 0.6) is 11.5 Å². The number of rotatable bonds is 6. The van der Waals surface area contributed by atoms with Gasteiger partial charge in [-0.15, -0.1) is 0 Å². The topological polar surface area (TPSA) is 114 Å². The third kappa shape index (κ3) is 5.69. The lowest BCUT2D eigenvalue weighted by atomic mass is 9.94. The molecule has 9 nitrogen and oxygen atoms in total. The highest BCUT2D eigenvalue weighted by Gasteiger charge is 2.39. The zero-order chi connectivity index (χ0) is 23.5. The number of nitrogens with zero attached hydrogens (tertiary/aromatic N) is 1. The zero-order valence-corrected chi connectivity index (χ0v) is 20.0. The van der Waals surface area contributed by atoms with Crippen LogP contribution in [0.15, 0.2) is 27.9 Å². The van der Waals surface area contributed by atoms with Gasteiger partial charge in [0.1, 0.15) is 12.1 Å². The maximum atomic E-state index is 13.1. The van der Waals surface area contributed by atoms with Gasteiger partial charge < -0.3 is 24.6 Å². The van der Waals surface area contributed by atoms with E-state index in [4.69, 9.17) is 14.2 Å². The number of carbonyl (C=O) groups is 3. The number of urea groups is 1. The first-order valence-electron chi connectivity index (χ1n) is 9.63. The number of phenols is 1. The van der Waals surface area contributed by atoms with Gasteiger partial charge in [-0.25, -0.2) is 9.59 Å². The summed E-state index contributed by atoms with van der Waals surface area (Å²) in [5, 5.41) is 12.9. The third-order valence-electron chi connectivity index (χ3n) is 4.41. The molecule has 0 aromatic heterocycles. The van der Waals surface area contributed by atoms with Crippen LogP contribution in [0.3, 0.4) is 0 Å². The van der Waals surface area contributed by atoms with Crippen molar-refractivity contribution in [2.75, 3.05) is 20.3 Å². The van der Waals surface area contributed by atoms with E-state index in [-0.39, 0.29) is 35.9 Å². The van der Waals surface area contributed by atoms with Gasteiger partial charge in [-0.3, -0.25) is 9.69 Å². The minimum absolute atomic E-state index is 0.114. The predicted octanol–water partition coefficient (Wildman–Crippen LogP) is 3.41. The highest BCUT2D eigenvalue weighted by Crippen LogP contribution is 2.40. The number of hydrogen-bond acceptors (Lipinski definition) is 7. The third-order valence-corrected chi connectivity index (χ3v) is 5.02. The van der Waals surface area contributed by atoms with E-state index in [1.165, 1.54) is 13.2 Å². The molecule has 1 aromatic carbocycles. The number of amides is 2. The van der Waals surface area contributed by atoms with Gasteiger partial charge in [0.2, 0.25) is 0 Å². The average Bonchev–Trinajstić information content (AvgIpc) is 2.65. The summed E-state index contributed by atoms with van der Waals surface area (Å²) >= 11 is 3.26. The molecule has 1 heterocycles. The van der Waals surface area contributed by atoms with Crippen LogP contribution < -0.4 is 10.1 Å². The maximum Gasteiger partial charge on any atom is 0.338 e. The largest absolute Gasteiger partial charge is 0.503 e. The van der Waals surface area contributed by atoms with Crippen LogP contribution in [0.4, 0.5) is 4.79 Å². The van der Waals surface area contributed by atoms with Crippen molar-refractivity contribution in [3.8, 4) is 11.5 Å². The monoisotopic (exact) mass is 498 g/mol. The minimum Gasteiger partial charge on any atom is -0.503 e. The lowest BCUT2D eigenvalue weighted by Gasteiger charge is -2.36. The van der Waals surface area contributed by atoms with Gasteiger partial charge in [0.15, 0.2) is 11.5 Å². The Bertz CT molecular complexity index is 921. The van der Waals surface area contributed by atoms with Gasteiger partial charge in [0, 0.05) is 5.70 Å². The molecule has 1 unspecified atom stereocenters. The van der Waals surface area contributed by atoms with E-state index in [1.54, 1.807) is 40.7 Å². The standard InChI is InChI=1S/C21H27BrN2O7/c1-7-30-15(25)10-24-11(2)16(19(27)31-21(3,4)5)17(23-20(24)28)12-8-13(22)18(26)14(9-12)29-6/h8-9,17,26H,7,10H2,1-6H3,(H,23,28). The van der Waals surface area contributed by atoms with E-state index in [0.717, 1.165) is 4.90 Å². The Morgan fingerprint density at radius 1 is 1.29 bits per heavy atom. The molecule has 10 heteroatoms. The number of allylic oxidation sites excluding steroid dienone is 1. The second-order valence-corrected chi connectivity index (χ2v) is 8.68. The van der Waals surface area contributed by atoms with E-state index in [1.807, 2.05) is 0 Å². The maximum absolute atomic E-state index is 13.1. The first-order valence-corrected chi connectivity index (χ1v) is 10.4. The molecule has 0 aliphatic carbocycles. The molecule has 170 valence electrons. The number of carbonyl (C=O) groups excluding carboxylic acids is 3. The van der Waals surface area contributed by atoms with E-state index in [9.17, 15) is 19.5 Å². The van der Waals surface area contributed by atoms with Crippen LogP contribution in [0.1, 0.15) is 46.2 Å². The molecule has 2 rings (SSSR count). The molecular weight excluding hydrogens is 472 g/mol. The summed E-state index contributed by atoms with van der Waals surface area (Å²) in [7, 11) is 1.39. The number of ether oxygens (including phenoxy) is 3. The number of hydrogen-bond donors (Lipinski definition) is 2. The van der Waals surface area contributed by atoms with E-state index in [2.05, 4.69) is 21.2 Å². The molecule has 0 fully saturated rings. The Hall–Kier alpha value is -2.75. The Balaban J connectivity index is 2.60. The highest BCUT2D eigenvalue weighted by atomic mass is 79.9. The summed E-state index contributed by atoms with van der Waals surface area (Å²) in [6.45, 7) is 8.23. The van der Waals surface area contributed by atoms with Gasteiger partial charge in [-0.05, 0) is 68.2 Å².